The van der Waals surface area contributed by atoms with Gasteiger partial charge in [0.2, 0.25) is 5.91 Å². The third-order valence-electron chi connectivity index (χ3n) is 2.82. The number of amides is 1. The molecular formula is C12H25N7O4. The van der Waals surface area contributed by atoms with Crippen LogP contribution in [0.5, 0.6) is 0 Å². The number of carbonyl (C=O) groups excluding carboxylic acids is 1. The van der Waals surface area contributed by atoms with Crippen molar-refractivity contribution in [1.29, 1.82) is 0 Å². The van der Waals surface area contributed by atoms with Gasteiger partial charge >= 0.3 is 0 Å². The van der Waals surface area contributed by atoms with E-state index in [1.54, 1.807) is 0 Å². The molecule has 0 fully saturated rings. The number of nitro groups is 1. The second kappa shape index (κ2) is 11.0. The van der Waals surface area contributed by atoms with Gasteiger partial charge < -0.3 is 22.0 Å². The quantitative estimate of drug-likeness (QED) is 0.0818. The molecule has 0 unspecified atom stereocenters. The smallest absolute Gasteiger partial charge is 0.248 e. The summed E-state index contributed by atoms with van der Waals surface area (Å²) in [6.07, 6.45) is 2.28. The van der Waals surface area contributed by atoms with Gasteiger partial charge in [0.1, 0.15) is 0 Å². The lowest BCUT2D eigenvalue weighted by molar-refractivity contribution is -0.548. The Bertz CT molecular complexity index is 435. The number of hydrogen-bond acceptors (Lipinski definition) is 6. The fourth-order valence-corrected chi connectivity index (χ4v) is 1.91. The van der Waals surface area contributed by atoms with E-state index in [0.717, 1.165) is 0 Å². The Morgan fingerprint density at radius 1 is 1.43 bits per heavy atom. The molecule has 0 aromatic rings. The molecule has 0 saturated carbocycles. The lowest BCUT2D eigenvalue weighted by atomic mass is 10.0. The molecule has 0 aromatic carbocycles. The number of aliphatic imine (C=N–C) groups is 1. The van der Waals surface area contributed by atoms with E-state index in [2.05, 4.69) is 15.5 Å². The number of nitrogens with two attached hydrogens (primary N) is 2. The zero-order chi connectivity index (χ0) is 17.8. The van der Waals surface area contributed by atoms with Gasteiger partial charge in [-0.1, -0.05) is 19.0 Å². The zero-order valence-corrected chi connectivity index (χ0v) is 13.3. The number of hydrogen-bond donors (Lipinski definition) is 5. The van der Waals surface area contributed by atoms with Crippen LogP contribution in [0, 0.1) is 16.0 Å². The van der Waals surface area contributed by atoms with E-state index in [1.165, 1.54) is 6.21 Å². The third-order valence-corrected chi connectivity index (χ3v) is 2.82. The Balaban J connectivity index is 4.70. The number of guanidine groups is 1. The predicted octanol–water partition coefficient (Wildman–Crippen LogP) is -0.819. The molecule has 0 aliphatic carbocycles. The highest BCUT2D eigenvalue weighted by Gasteiger charge is 2.24. The van der Waals surface area contributed by atoms with E-state index in [0.29, 0.717) is 12.8 Å². The lowest BCUT2D eigenvalue weighted by Crippen LogP contribution is -2.50. The summed E-state index contributed by atoms with van der Waals surface area (Å²) in [4.78, 5) is 26.5. The minimum Gasteiger partial charge on any atom is -0.411 e. The molecular weight excluding hydrogens is 306 g/mol. The van der Waals surface area contributed by atoms with Crippen LogP contribution in [-0.2, 0) is 4.79 Å². The van der Waals surface area contributed by atoms with Crippen LogP contribution in [0.2, 0.25) is 0 Å². The highest BCUT2D eigenvalue weighted by atomic mass is 16.7. The first-order chi connectivity index (χ1) is 10.8. The van der Waals surface area contributed by atoms with Crippen molar-refractivity contribution < 1.29 is 15.0 Å². The van der Waals surface area contributed by atoms with Crippen LogP contribution in [0.15, 0.2) is 10.1 Å². The minimum absolute atomic E-state index is 0.0793. The Labute approximate surface area is 134 Å². The summed E-state index contributed by atoms with van der Waals surface area (Å²) in [7, 11) is 0. The molecule has 0 spiro atoms. The van der Waals surface area contributed by atoms with Crippen LogP contribution in [0.3, 0.4) is 0 Å². The maximum atomic E-state index is 12.2. The van der Waals surface area contributed by atoms with Crippen molar-refractivity contribution in [2.24, 2.45) is 27.5 Å². The normalized spacial score (nSPS) is 13.5. The van der Waals surface area contributed by atoms with Crippen LogP contribution in [0.25, 0.3) is 0 Å². The second-order valence-corrected chi connectivity index (χ2v) is 5.40. The van der Waals surface area contributed by atoms with E-state index in [9.17, 15) is 14.9 Å². The Hall–Kier alpha value is -2.59. The average molecular weight is 331 g/mol. The second-order valence-electron chi connectivity index (χ2n) is 5.40. The molecule has 132 valence electrons. The van der Waals surface area contributed by atoms with Crippen LogP contribution < -0.4 is 22.2 Å². The van der Waals surface area contributed by atoms with E-state index in [1.807, 2.05) is 19.3 Å². The molecule has 0 aliphatic heterocycles. The van der Waals surface area contributed by atoms with Crippen molar-refractivity contribution >= 4 is 18.1 Å². The Morgan fingerprint density at radius 3 is 2.57 bits per heavy atom. The monoisotopic (exact) mass is 331 g/mol. The first-order valence-electron chi connectivity index (χ1n) is 7.20. The van der Waals surface area contributed by atoms with Crippen molar-refractivity contribution in [3.8, 4) is 0 Å². The molecule has 0 heterocycles. The molecule has 0 aromatic heterocycles. The number of hydrazine groups is 1. The molecule has 7 N–H and O–H groups in total. The highest BCUT2D eigenvalue weighted by molar-refractivity contribution is 5.84. The van der Waals surface area contributed by atoms with Crippen LogP contribution >= 0.6 is 0 Å². The topological polar surface area (TPSA) is 181 Å². The van der Waals surface area contributed by atoms with E-state index in [-0.39, 0.29) is 24.8 Å². The molecule has 0 bridgehead atoms. The van der Waals surface area contributed by atoms with E-state index in [4.69, 9.17) is 16.7 Å². The maximum Gasteiger partial charge on any atom is 0.248 e. The van der Waals surface area contributed by atoms with Gasteiger partial charge in [-0.15, -0.1) is 5.43 Å². The summed E-state index contributed by atoms with van der Waals surface area (Å²) in [6, 6.07) is -1.55. The van der Waals surface area contributed by atoms with Gasteiger partial charge in [0, 0.05) is 6.54 Å². The number of nitrogens with zero attached hydrogens (tertiary/aromatic N) is 3. The van der Waals surface area contributed by atoms with Crippen molar-refractivity contribution in [3.63, 3.8) is 0 Å². The molecule has 11 nitrogen and oxygen atoms in total. The summed E-state index contributed by atoms with van der Waals surface area (Å²) in [5.74, 6) is -0.400. The summed E-state index contributed by atoms with van der Waals surface area (Å²) >= 11 is 0. The fourth-order valence-electron chi connectivity index (χ4n) is 1.91. The number of nitrogens with one attached hydrogen (secondary N) is 2. The zero-order valence-electron chi connectivity index (χ0n) is 13.3. The molecule has 0 saturated heterocycles. The molecule has 2 atom stereocenters. The first kappa shape index (κ1) is 20.4. The molecule has 0 rings (SSSR count). The van der Waals surface area contributed by atoms with Gasteiger partial charge in [0.05, 0.1) is 12.3 Å². The Kier molecular flexibility index (Phi) is 9.80. The third kappa shape index (κ3) is 10.7. The van der Waals surface area contributed by atoms with Crippen LogP contribution in [-0.4, -0.2) is 46.9 Å². The summed E-state index contributed by atoms with van der Waals surface area (Å²) < 4.78 is 0. The fraction of sp³-hybridized carbons (Fsp3) is 0.750. The maximum absolute atomic E-state index is 12.2. The van der Waals surface area contributed by atoms with Gasteiger partial charge in [-0.25, -0.2) is 10.1 Å². The van der Waals surface area contributed by atoms with Crippen LogP contribution in [0.1, 0.15) is 33.1 Å². The largest absolute Gasteiger partial charge is 0.411 e. The highest BCUT2D eigenvalue weighted by Crippen LogP contribution is 2.05. The molecule has 0 aliphatic rings. The summed E-state index contributed by atoms with van der Waals surface area (Å²) in [5, 5.41) is 24.0. The average Bonchev–Trinajstić information content (AvgIpc) is 2.40. The predicted molar refractivity (Wildman–Crippen MR) is 85.5 cm³/mol. The summed E-state index contributed by atoms with van der Waals surface area (Å²) in [6.45, 7) is 4.14. The van der Waals surface area contributed by atoms with Gasteiger partial charge in [-0.05, 0) is 25.2 Å². The molecule has 23 heavy (non-hydrogen) atoms. The molecule has 0 radical (unpaired) electrons. The van der Waals surface area contributed by atoms with Crippen molar-refractivity contribution in [1.82, 2.24) is 10.7 Å². The minimum atomic E-state index is -1.04. The lowest BCUT2D eigenvalue weighted by Gasteiger charge is -2.19. The SMILES string of the molecule is CC(C)C[C@@H](C=NO)NC(=O)[C@H](CCCN=C(N)N)N[N+](=O)[O-]. The van der Waals surface area contributed by atoms with Gasteiger partial charge in [0.15, 0.2) is 17.0 Å². The molecule has 1 amide bonds. The van der Waals surface area contributed by atoms with E-state index < -0.39 is 23.0 Å². The number of rotatable bonds is 11. The first-order valence-corrected chi connectivity index (χ1v) is 7.20. The van der Waals surface area contributed by atoms with Gasteiger partial charge in [0.25, 0.3) is 0 Å². The van der Waals surface area contributed by atoms with Crippen molar-refractivity contribution in [2.75, 3.05) is 6.54 Å². The van der Waals surface area contributed by atoms with Crippen molar-refractivity contribution in [2.45, 2.75) is 45.2 Å². The van der Waals surface area contributed by atoms with Crippen LogP contribution in [0.4, 0.5) is 0 Å². The van der Waals surface area contributed by atoms with Gasteiger partial charge in [-0.2, -0.15) is 0 Å². The van der Waals surface area contributed by atoms with E-state index >= 15 is 0 Å². The summed E-state index contributed by atoms with van der Waals surface area (Å²) in [5.41, 5.74) is 12.3. The Morgan fingerprint density at radius 2 is 2.09 bits per heavy atom. The van der Waals surface area contributed by atoms with Crippen molar-refractivity contribution in [3.05, 3.63) is 10.1 Å². The number of carbonyl (C=O) groups is 1. The standard InChI is InChI=1S/C12H25N7O4/c1-8(2)6-9(7-16-21)17-11(20)10(18-19(22)23)4-3-5-15-12(13)14/h7-10,18,21H,3-6H2,1-2H3,(H,17,20)(H4,13,14,15)/t9-,10-/m0/s1. The van der Waals surface area contributed by atoms with Gasteiger partial charge in [-0.3, -0.25) is 9.79 Å². The molecule has 11 heteroatoms. The number of oxime groups is 1.